The summed E-state index contributed by atoms with van der Waals surface area (Å²) in [5, 5.41) is 2.76. The van der Waals surface area contributed by atoms with Crippen molar-refractivity contribution in [2.45, 2.75) is 43.9 Å². The molecule has 0 unspecified atom stereocenters. The van der Waals surface area contributed by atoms with Crippen LogP contribution in [0.5, 0.6) is 5.75 Å². The fraction of sp³-hybridized carbons (Fsp3) is 0.417. The molecular weight excluding hydrogens is 442 g/mol. The Labute approximate surface area is 194 Å². The average Bonchev–Trinajstić information content (AvgIpc) is 3.16. The van der Waals surface area contributed by atoms with Gasteiger partial charge in [-0.3, -0.25) is 14.5 Å². The van der Waals surface area contributed by atoms with Gasteiger partial charge in [-0.15, -0.1) is 0 Å². The second-order valence-electron chi connectivity index (χ2n) is 8.39. The number of amides is 2. The van der Waals surface area contributed by atoms with E-state index in [0.717, 1.165) is 25.7 Å². The number of rotatable bonds is 5. The minimum atomic E-state index is -3.65. The number of hydrogen-bond acceptors (Lipinski definition) is 5. The fourth-order valence-electron chi connectivity index (χ4n) is 4.21. The van der Waals surface area contributed by atoms with Gasteiger partial charge in [-0.25, -0.2) is 8.42 Å². The molecule has 0 bridgehead atoms. The van der Waals surface area contributed by atoms with Crippen LogP contribution in [0.2, 0.25) is 0 Å². The molecular formula is C24H29N3O5S. The number of benzene rings is 2. The molecule has 0 spiro atoms. The maximum atomic E-state index is 13.3. The summed E-state index contributed by atoms with van der Waals surface area (Å²) in [5.41, 5.74) is 1.56. The Bertz CT molecular complexity index is 1140. The normalized spacial score (nSPS) is 17.5. The van der Waals surface area contributed by atoms with Crippen LogP contribution in [0.25, 0.3) is 0 Å². The molecule has 2 aromatic carbocycles. The number of fused-ring (bicyclic) bond motifs is 1. The predicted octanol–water partition coefficient (Wildman–Crippen LogP) is 3.31. The summed E-state index contributed by atoms with van der Waals surface area (Å²) in [5.74, 6) is -0.0669. The molecule has 33 heavy (non-hydrogen) atoms. The Morgan fingerprint density at radius 2 is 1.79 bits per heavy atom. The number of sulfonamides is 1. The van der Waals surface area contributed by atoms with Crippen molar-refractivity contribution in [2.75, 3.05) is 36.5 Å². The molecule has 1 N–H and O–H groups in total. The van der Waals surface area contributed by atoms with Crippen LogP contribution in [-0.2, 0) is 19.6 Å². The van der Waals surface area contributed by atoms with E-state index in [0.29, 0.717) is 35.8 Å². The molecule has 9 heteroatoms. The molecule has 176 valence electrons. The van der Waals surface area contributed by atoms with Crippen molar-refractivity contribution in [1.82, 2.24) is 4.31 Å². The number of anilines is 2. The smallest absolute Gasteiger partial charge is 0.244 e. The molecule has 2 aromatic rings. The Morgan fingerprint density at radius 3 is 2.55 bits per heavy atom. The maximum absolute atomic E-state index is 13.3. The van der Waals surface area contributed by atoms with Gasteiger partial charge < -0.3 is 10.1 Å². The van der Waals surface area contributed by atoms with E-state index < -0.39 is 15.9 Å². The van der Waals surface area contributed by atoms with E-state index in [2.05, 4.69) is 5.32 Å². The number of hydrogen-bond donors (Lipinski definition) is 1. The van der Waals surface area contributed by atoms with Gasteiger partial charge in [0.1, 0.15) is 12.3 Å². The van der Waals surface area contributed by atoms with Gasteiger partial charge in [0.15, 0.2) is 0 Å². The first-order valence-corrected chi connectivity index (χ1v) is 12.7. The minimum Gasteiger partial charge on any atom is -0.491 e. The molecule has 0 saturated carbocycles. The van der Waals surface area contributed by atoms with Crippen LogP contribution >= 0.6 is 0 Å². The van der Waals surface area contributed by atoms with Gasteiger partial charge in [0.05, 0.1) is 23.6 Å². The van der Waals surface area contributed by atoms with Gasteiger partial charge in [0.25, 0.3) is 0 Å². The lowest BCUT2D eigenvalue weighted by molar-refractivity contribution is -0.121. The largest absolute Gasteiger partial charge is 0.491 e. The molecule has 0 aliphatic carbocycles. The quantitative estimate of drug-likeness (QED) is 0.722. The van der Waals surface area contributed by atoms with E-state index in [1.165, 1.54) is 11.0 Å². The highest BCUT2D eigenvalue weighted by Gasteiger charge is 2.28. The fourth-order valence-corrected chi connectivity index (χ4v) is 5.98. The molecule has 2 amide bonds. The third kappa shape index (κ3) is 5.20. The first-order valence-electron chi connectivity index (χ1n) is 11.3. The van der Waals surface area contributed by atoms with Gasteiger partial charge in [0, 0.05) is 18.8 Å². The second kappa shape index (κ2) is 9.93. The predicted molar refractivity (Wildman–Crippen MR) is 126 cm³/mol. The lowest BCUT2D eigenvalue weighted by Gasteiger charge is -2.22. The van der Waals surface area contributed by atoms with E-state index in [-0.39, 0.29) is 30.4 Å². The van der Waals surface area contributed by atoms with Crippen LogP contribution < -0.4 is 15.0 Å². The van der Waals surface area contributed by atoms with Gasteiger partial charge in [-0.2, -0.15) is 4.31 Å². The molecule has 2 heterocycles. The van der Waals surface area contributed by atoms with E-state index in [9.17, 15) is 18.0 Å². The van der Waals surface area contributed by atoms with E-state index >= 15 is 0 Å². The molecule has 2 aliphatic heterocycles. The van der Waals surface area contributed by atoms with Crippen molar-refractivity contribution in [2.24, 2.45) is 0 Å². The number of aryl methyl sites for hydroxylation is 1. The van der Waals surface area contributed by atoms with Crippen LogP contribution in [0.1, 0.15) is 37.7 Å². The van der Waals surface area contributed by atoms with Crippen molar-refractivity contribution in [3.8, 4) is 5.75 Å². The van der Waals surface area contributed by atoms with Crippen molar-refractivity contribution >= 4 is 33.2 Å². The van der Waals surface area contributed by atoms with Crippen LogP contribution in [0.3, 0.4) is 0 Å². The molecule has 1 saturated heterocycles. The first-order chi connectivity index (χ1) is 15.9. The summed E-state index contributed by atoms with van der Waals surface area (Å²) in [7, 11) is -3.65. The van der Waals surface area contributed by atoms with Crippen LogP contribution in [-0.4, -0.2) is 50.8 Å². The molecule has 4 rings (SSSR count). The summed E-state index contributed by atoms with van der Waals surface area (Å²) in [6.45, 7) is 2.84. The van der Waals surface area contributed by atoms with E-state index in [1.807, 2.05) is 6.07 Å². The summed E-state index contributed by atoms with van der Waals surface area (Å²) >= 11 is 0. The number of carbonyl (C=O) groups excluding carboxylic acids is 2. The average molecular weight is 472 g/mol. The zero-order valence-corrected chi connectivity index (χ0v) is 19.6. The Morgan fingerprint density at radius 1 is 1.06 bits per heavy atom. The Hall–Kier alpha value is -2.91. The lowest BCUT2D eigenvalue weighted by atomic mass is 10.2. The number of nitrogens with one attached hydrogen (secondary N) is 1. The van der Waals surface area contributed by atoms with Crippen molar-refractivity contribution in [3.63, 3.8) is 0 Å². The standard InChI is InChI=1S/C24H29N3O5S/c1-18-10-11-19(16-22(18)33(30,31)26-13-6-2-3-7-14-26)25-23(28)17-27-20-8-4-5-9-21(20)32-15-12-24(27)29/h4-5,8-11,16H,2-3,6-7,12-15,17H2,1H3,(H,25,28). The third-order valence-corrected chi connectivity index (χ3v) is 8.03. The van der Waals surface area contributed by atoms with Gasteiger partial charge in [-0.1, -0.05) is 31.0 Å². The van der Waals surface area contributed by atoms with Gasteiger partial charge >= 0.3 is 0 Å². The first kappa shape index (κ1) is 23.3. The minimum absolute atomic E-state index is 0.171. The second-order valence-corrected chi connectivity index (χ2v) is 10.3. The number of ether oxygens (including phenoxy) is 1. The molecule has 0 atom stereocenters. The van der Waals surface area contributed by atoms with Crippen molar-refractivity contribution in [3.05, 3.63) is 48.0 Å². The molecule has 8 nitrogen and oxygen atoms in total. The highest BCUT2D eigenvalue weighted by atomic mass is 32.2. The Kier molecular flexibility index (Phi) is 6.99. The topological polar surface area (TPSA) is 96.0 Å². The van der Waals surface area contributed by atoms with Crippen molar-refractivity contribution in [1.29, 1.82) is 0 Å². The molecule has 0 radical (unpaired) electrons. The lowest BCUT2D eigenvalue weighted by Crippen LogP contribution is -2.37. The number of para-hydroxylation sites is 2. The van der Waals surface area contributed by atoms with Crippen LogP contribution in [0.15, 0.2) is 47.4 Å². The summed E-state index contributed by atoms with van der Waals surface area (Å²) in [6.07, 6.45) is 3.94. The summed E-state index contributed by atoms with van der Waals surface area (Å²) in [4.78, 5) is 27.0. The number of nitrogens with zero attached hydrogens (tertiary/aromatic N) is 2. The highest BCUT2D eigenvalue weighted by molar-refractivity contribution is 7.89. The SMILES string of the molecule is Cc1ccc(NC(=O)CN2C(=O)CCOc3ccccc32)cc1S(=O)(=O)N1CCCCCC1. The monoisotopic (exact) mass is 471 g/mol. The van der Waals surface area contributed by atoms with Crippen molar-refractivity contribution < 1.29 is 22.7 Å². The third-order valence-electron chi connectivity index (χ3n) is 5.99. The van der Waals surface area contributed by atoms with Gasteiger partial charge in [0.2, 0.25) is 21.8 Å². The van der Waals surface area contributed by atoms with Crippen LogP contribution in [0, 0.1) is 6.92 Å². The zero-order valence-electron chi connectivity index (χ0n) is 18.7. The maximum Gasteiger partial charge on any atom is 0.244 e. The molecule has 2 aliphatic rings. The highest BCUT2D eigenvalue weighted by Crippen LogP contribution is 2.31. The van der Waals surface area contributed by atoms with E-state index in [1.54, 1.807) is 41.6 Å². The summed E-state index contributed by atoms with van der Waals surface area (Å²) in [6, 6.07) is 12.0. The molecule has 1 fully saturated rings. The zero-order chi connectivity index (χ0) is 23.4. The molecule has 0 aromatic heterocycles. The van der Waals surface area contributed by atoms with E-state index in [4.69, 9.17) is 4.74 Å². The Balaban J connectivity index is 1.53. The summed E-state index contributed by atoms with van der Waals surface area (Å²) < 4.78 is 33.7. The van der Waals surface area contributed by atoms with Crippen LogP contribution in [0.4, 0.5) is 11.4 Å². The number of carbonyl (C=O) groups is 2. The van der Waals surface area contributed by atoms with Gasteiger partial charge in [-0.05, 0) is 49.6 Å².